The standard InChI is InChI=1S/C11H24N4O3S.HI/c1-12-11(13-5-6-14-19(3,16)17)15(2)8-10-4-7-18-9-10;/h10,14H,4-9H2,1-3H3,(H,12,13);1H. The Bertz CT molecular complexity index is 396. The average Bonchev–Trinajstić information content (AvgIpc) is 2.80. The second kappa shape index (κ2) is 9.74. The van der Waals surface area contributed by atoms with Crippen LogP contribution in [0.2, 0.25) is 0 Å². The predicted molar refractivity (Wildman–Crippen MR) is 91.2 cm³/mol. The second-order valence-corrected chi connectivity index (χ2v) is 6.58. The third kappa shape index (κ3) is 8.22. The molecule has 1 saturated heterocycles. The van der Waals surface area contributed by atoms with Crippen molar-refractivity contribution in [3.8, 4) is 0 Å². The number of sulfonamides is 1. The maximum absolute atomic E-state index is 10.9. The minimum absolute atomic E-state index is 0. The number of aliphatic imine (C=N–C) groups is 1. The van der Waals surface area contributed by atoms with Crippen LogP contribution < -0.4 is 10.0 Å². The summed E-state index contributed by atoms with van der Waals surface area (Å²) in [6, 6.07) is 0. The highest BCUT2D eigenvalue weighted by atomic mass is 127. The highest BCUT2D eigenvalue weighted by Crippen LogP contribution is 2.12. The number of guanidine groups is 1. The molecule has 0 bridgehead atoms. The molecule has 0 saturated carbocycles. The van der Waals surface area contributed by atoms with Crippen molar-refractivity contribution in [2.75, 3.05) is 53.2 Å². The summed E-state index contributed by atoms with van der Waals surface area (Å²) in [7, 11) is 0.558. The lowest BCUT2D eigenvalue weighted by molar-refractivity contribution is 0.181. The zero-order valence-corrected chi connectivity index (χ0v) is 15.4. The summed E-state index contributed by atoms with van der Waals surface area (Å²) in [5.41, 5.74) is 0. The van der Waals surface area contributed by atoms with E-state index in [0.717, 1.165) is 38.4 Å². The van der Waals surface area contributed by atoms with Crippen molar-refractivity contribution in [1.82, 2.24) is 14.9 Å². The fraction of sp³-hybridized carbons (Fsp3) is 0.909. The lowest BCUT2D eigenvalue weighted by Gasteiger charge is -2.24. The van der Waals surface area contributed by atoms with Gasteiger partial charge in [-0.15, -0.1) is 24.0 Å². The first kappa shape index (κ1) is 19.9. The van der Waals surface area contributed by atoms with Gasteiger partial charge in [0.05, 0.1) is 12.9 Å². The summed E-state index contributed by atoms with van der Waals surface area (Å²) in [6.45, 7) is 3.38. The second-order valence-electron chi connectivity index (χ2n) is 4.75. The first-order valence-electron chi connectivity index (χ1n) is 6.36. The number of nitrogens with zero attached hydrogens (tertiary/aromatic N) is 2. The van der Waals surface area contributed by atoms with Crippen molar-refractivity contribution in [3.63, 3.8) is 0 Å². The molecule has 1 heterocycles. The van der Waals surface area contributed by atoms with E-state index in [4.69, 9.17) is 4.74 Å². The van der Waals surface area contributed by atoms with Crippen molar-refractivity contribution in [1.29, 1.82) is 0 Å². The van der Waals surface area contributed by atoms with E-state index < -0.39 is 10.0 Å². The Balaban J connectivity index is 0.00000361. The number of hydrogen-bond donors (Lipinski definition) is 2. The molecule has 9 heteroatoms. The van der Waals surface area contributed by atoms with Gasteiger partial charge in [0.15, 0.2) is 5.96 Å². The van der Waals surface area contributed by atoms with Crippen LogP contribution in [-0.2, 0) is 14.8 Å². The van der Waals surface area contributed by atoms with Crippen LogP contribution in [0.3, 0.4) is 0 Å². The van der Waals surface area contributed by atoms with Crippen LogP contribution in [0.1, 0.15) is 6.42 Å². The minimum atomic E-state index is -3.13. The van der Waals surface area contributed by atoms with E-state index in [1.54, 1.807) is 7.05 Å². The van der Waals surface area contributed by atoms with Gasteiger partial charge in [-0.3, -0.25) is 4.99 Å². The maximum atomic E-state index is 10.9. The molecule has 0 aromatic carbocycles. The predicted octanol–water partition coefficient (Wildman–Crippen LogP) is -0.303. The van der Waals surface area contributed by atoms with Gasteiger partial charge >= 0.3 is 0 Å². The zero-order valence-electron chi connectivity index (χ0n) is 12.3. The van der Waals surface area contributed by atoms with Crippen molar-refractivity contribution in [2.45, 2.75) is 6.42 Å². The van der Waals surface area contributed by atoms with Crippen LogP contribution in [0, 0.1) is 5.92 Å². The molecule has 0 aliphatic carbocycles. The van der Waals surface area contributed by atoms with E-state index in [9.17, 15) is 8.42 Å². The molecule has 1 unspecified atom stereocenters. The van der Waals surface area contributed by atoms with Gasteiger partial charge in [0.25, 0.3) is 0 Å². The molecule has 7 nitrogen and oxygen atoms in total. The van der Waals surface area contributed by atoms with Crippen LogP contribution in [-0.4, -0.2) is 72.5 Å². The number of nitrogens with one attached hydrogen (secondary N) is 2. The Morgan fingerprint density at radius 1 is 1.45 bits per heavy atom. The largest absolute Gasteiger partial charge is 0.381 e. The van der Waals surface area contributed by atoms with Crippen LogP contribution in [0.5, 0.6) is 0 Å². The van der Waals surface area contributed by atoms with E-state index in [-0.39, 0.29) is 24.0 Å². The maximum Gasteiger partial charge on any atom is 0.208 e. The number of hydrogen-bond acceptors (Lipinski definition) is 4. The van der Waals surface area contributed by atoms with Gasteiger partial charge in [-0.05, 0) is 6.42 Å². The summed E-state index contributed by atoms with van der Waals surface area (Å²) < 4.78 is 29.6. The Hall–Kier alpha value is -0.130. The molecular formula is C11H25IN4O3S. The monoisotopic (exact) mass is 420 g/mol. The Kier molecular flexibility index (Phi) is 9.68. The molecule has 0 spiro atoms. The Labute approximate surface area is 138 Å². The summed E-state index contributed by atoms with van der Waals surface area (Å²) >= 11 is 0. The Morgan fingerprint density at radius 3 is 2.65 bits per heavy atom. The highest BCUT2D eigenvalue weighted by Gasteiger charge is 2.18. The van der Waals surface area contributed by atoms with Gasteiger partial charge in [0, 0.05) is 46.3 Å². The zero-order chi connectivity index (χ0) is 14.3. The summed E-state index contributed by atoms with van der Waals surface area (Å²) in [5, 5.41) is 3.12. The smallest absolute Gasteiger partial charge is 0.208 e. The molecule has 1 aliphatic heterocycles. The van der Waals surface area contributed by atoms with Crippen molar-refractivity contribution >= 4 is 40.0 Å². The van der Waals surface area contributed by atoms with Crippen molar-refractivity contribution < 1.29 is 13.2 Å². The van der Waals surface area contributed by atoms with Crippen molar-refractivity contribution in [2.24, 2.45) is 10.9 Å². The first-order valence-corrected chi connectivity index (χ1v) is 8.25. The molecule has 20 heavy (non-hydrogen) atoms. The van der Waals surface area contributed by atoms with E-state index in [1.807, 2.05) is 11.9 Å². The molecule has 1 aliphatic rings. The molecule has 0 aromatic heterocycles. The third-order valence-electron chi connectivity index (χ3n) is 2.90. The summed E-state index contributed by atoms with van der Waals surface area (Å²) in [6.07, 6.45) is 2.23. The molecule has 1 fully saturated rings. The molecule has 1 rings (SSSR count). The number of ether oxygens (including phenoxy) is 1. The van der Waals surface area contributed by atoms with Gasteiger partial charge in [-0.2, -0.15) is 0 Å². The van der Waals surface area contributed by atoms with Crippen molar-refractivity contribution in [3.05, 3.63) is 0 Å². The fourth-order valence-electron chi connectivity index (χ4n) is 2.00. The van der Waals surface area contributed by atoms with Gasteiger partial charge in [0.2, 0.25) is 10.0 Å². The summed E-state index contributed by atoms with van der Waals surface area (Å²) in [5.74, 6) is 1.31. The van der Waals surface area contributed by atoms with E-state index in [1.165, 1.54) is 0 Å². The van der Waals surface area contributed by atoms with Crippen LogP contribution in [0.15, 0.2) is 4.99 Å². The lowest BCUT2D eigenvalue weighted by Crippen LogP contribution is -2.44. The fourth-order valence-corrected chi connectivity index (χ4v) is 2.47. The molecule has 0 amide bonds. The van der Waals surface area contributed by atoms with Gasteiger partial charge in [-0.1, -0.05) is 0 Å². The SMILES string of the molecule is CN=C(NCCNS(C)(=O)=O)N(C)CC1CCOC1.I. The first-order chi connectivity index (χ1) is 8.92. The van der Waals surface area contributed by atoms with Crippen LogP contribution >= 0.6 is 24.0 Å². The van der Waals surface area contributed by atoms with E-state index >= 15 is 0 Å². The van der Waals surface area contributed by atoms with E-state index in [2.05, 4.69) is 15.0 Å². The number of rotatable bonds is 6. The highest BCUT2D eigenvalue weighted by molar-refractivity contribution is 14.0. The Morgan fingerprint density at radius 2 is 2.15 bits per heavy atom. The normalized spacial score (nSPS) is 19.6. The van der Waals surface area contributed by atoms with Gasteiger partial charge in [-0.25, -0.2) is 13.1 Å². The van der Waals surface area contributed by atoms with Crippen LogP contribution in [0.4, 0.5) is 0 Å². The molecule has 0 radical (unpaired) electrons. The number of halogens is 1. The lowest BCUT2D eigenvalue weighted by atomic mass is 10.1. The van der Waals surface area contributed by atoms with E-state index in [0.29, 0.717) is 19.0 Å². The van der Waals surface area contributed by atoms with Crippen LogP contribution in [0.25, 0.3) is 0 Å². The molecule has 1 atom stereocenters. The molecule has 120 valence electrons. The molecule has 2 N–H and O–H groups in total. The topological polar surface area (TPSA) is 83.0 Å². The average molecular weight is 420 g/mol. The minimum Gasteiger partial charge on any atom is -0.381 e. The van der Waals surface area contributed by atoms with Gasteiger partial charge < -0.3 is 15.0 Å². The molecule has 0 aromatic rings. The van der Waals surface area contributed by atoms with Gasteiger partial charge in [0.1, 0.15) is 0 Å². The molecular weight excluding hydrogens is 395 g/mol. The quantitative estimate of drug-likeness (QED) is 0.267. The summed E-state index contributed by atoms with van der Waals surface area (Å²) in [4.78, 5) is 6.22. The third-order valence-corrected chi connectivity index (χ3v) is 3.63.